The largest absolute Gasteiger partial charge is 0.348 e. The number of carbonyl (C=O) groups is 2. The van der Waals surface area contributed by atoms with E-state index in [9.17, 15) is 9.59 Å². The second kappa shape index (κ2) is 7.58. The summed E-state index contributed by atoms with van der Waals surface area (Å²) >= 11 is 0. The minimum Gasteiger partial charge on any atom is -0.348 e. The maximum Gasteiger partial charge on any atom is 0.232 e. The number of rotatable bonds is 6. The zero-order valence-electron chi connectivity index (χ0n) is 13.7. The Morgan fingerprint density at radius 1 is 0.870 bits per heavy atom. The van der Waals surface area contributed by atoms with E-state index in [0.29, 0.717) is 0 Å². The molecule has 0 aliphatic carbocycles. The molecular formula is C19H22N2O2. The lowest BCUT2D eigenvalue weighted by Crippen LogP contribution is -2.38. The number of nitrogens with zero attached hydrogens (tertiary/aromatic N) is 2. The molecule has 4 nitrogen and oxygen atoms in total. The van der Waals surface area contributed by atoms with Crippen LogP contribution >= 0.6 is 0 Å². The first-order valence-corrected chi connectivity index (χ1v) is 7.54. The smallest absolute Gasteiger partial charge is 0.232 e. The highest BCUT2D eigenvalue weighted by Gasteiger charge is 2.34. The van der Waals surface area contributed by atoms with Gasteiger partial charge in [0.1, 0.15) is 0 Å². The van der Waals surface area contributed by atoms with E-state index in [1.807, 2.05) is 60.7 Å². The number of benzene rings is 2. The standard InChI is InChI=1S/C19H22N2O2/c1-20(2)19(23)17(15-10-6-4-7-11-15)18(21(3)14-22)16-12-8-5-9-13-16/h4-14,17-18H,1-3H3/t17-,18+/m1/s1. The van der Waals surface area contributed by atoms with Gasteiger partial charge in [0.05, 0.1) is 12.0 Å². The molecule has 0 spiro atoms. The van der Waals surface area contributed by atoms with Crippen molar-refractivity contribution in [2.75, 3.05) is 21.1 Å². The highest BCUT2D eigenvalue weighted by Crippen LogP contribution is 2.35. The molecule has 23 heavy (non-hydrogen) atoms. The second-order valence-electron chi connectivity index (χ2n) is 5.75. The summed E-state index contributed by atoms with van der Waals surface area (Å²) in [6.45, 7) is 0. The monoisotopic (exact) mass is 310 g/mol. The van der Waals surface area contributed by atoms with E-state index in [1.165, 1.54) is 0 Å². The lowest BCUT2D eigenvalue weighted by molar-refractivity contribution is -0.133. The van der Waals surface area contributed by atoms with E-state index in [0.717, 1.165) is 17.5 Å². The highest BCUT2D eigenvalue weighted by molar-refractivity contribution is 5.84. The van der Waals surface area contributed by atoms with Crippen LogP contribution in [0, 0.1) is 0 Å². The highest BCUT2D eigenvalue weighted by atomic mass is 16.2. The Balaban J connectivity index is 2.57. The molecule has 2 aromatic rings. The lowest BCUT2D eigenvalue weighted by atomic mass is 9.85. The van der Waals surface area contributed by atoms with Crippen molar-refractivity contribution in [3.8, 4) is 0 Å². The van der Waals surface area contributed by atoms with Crippen LogP contribution < -0.4 is 0 Å². The van der Waals surface area contributed by atoms with Gasteiger partial charge in [-0.15, -0.1) is 0 Å². The van der Waals surface area contributed by atoms with E-state index in [2.05, 4.69) is 0 Å². The number of hydrogen-bond donors (Lipinski definition) is 0. The average molecular weight is 310 g/mol. The van der Waals surface area contributed by atoms with E-state index in [4.69, 9.17) is 0 Å². The molecule has 2 rings (SSSR count). The van der Waals surface area contributed by atoms with Crippen LogP contribution in [0.1, 0.15) is 23.1 Å². The van der Waals surface area contributed by atoms with Gasteiger partial charge in [0.15, 0.2) is 0 Å². The first-order valence-electron chi connectivity index (χ1n) is 7.54. The molecule has 0 saturated carbocycles. The summed E-state index contributed by atoms with van der Waals surface area (Å²) in [5, 5.41) is 0. The molecule has 0 radical (unpaired) electrons. The first-order chi connectivity index (χ1) is 11.1. The van der Waals surface area contributed by atoms with E-state index in [-0.39, 0.29) is 11.9 Å². The third-order valence-corrected chi connectivity index (χ3v) is 3.93. The van der Waals surface area contributed by atoms with Crippen LogP contribution in [0.4, 0.5) is 0 Å². The third kappa shape index (κ3) is 3.77. The molecule has 120 valence electrons. The molecule has 2 atom stereocenters. The van der Waals surface area contributed by atoms with Crippen molar-refractivity contribution < 1.29 is 9.59 Å². The van der Waals surface area contributed by atoms with Crippen LogP contribution in [0.5, 0.6) is 0 Å². The summed E-state index contributed by atoms with van der Waals surface area (Å²) in [5.41, 5.74) is 1.83. The Labute approximate surface area is 137 Å². The Morgan fingerprint density at radius 3 is 1.78 bits per heavy atom. The molecule has 0 saturated heterocycles. The lowest BCUT2D eigenvalue weighted by Gasteiger charge is -2.34. The molecule has 0 aliphatic rings. The second-order valence-corrected chi connectivity index (χ2v) is 5.75. The minimum atomic E-state index is -0.455. The first kappa shape index (κ1) is 16.7. The Morgan fingerprint density at radius 2 is 1.35 bits per heavy atom. The van der Waals surface area contributed by atoms with Crippen molar-refractivity contribution in [3.05, 3.63) is 71.8 Å². The van der Waals surface area contributed by atoms with Crippen LogP contribution in [0.25, 0.3) is 0 Å². The number of amides is 2. The Bertz CT molecular complexity index is 641. The molecule has 4 heteroatoms. The topological polar surface area (TPSA) is 40.6 Å². The van der Waals surface area contributed by atoms with Gasteiger partial charge in [-0.25, -0.2) is 0 Å². The van der Waals surface area contributed by atoms with Crippen molar-refractivity contribution in [1.82, 2.24) is 9.80 Å². The Hall–Kier alpha value is -2.62. The summed E-state index contributed by atoms with van der Waals surface area (Å²) in [5.74, 6) is -0.484. The average Bonchev–Trinajstić information content (AvgIpc) is 2.59. The van der Waals surface area contributed by atoms with Gasteiger partial charge in [-0.1, -0.05) is 60.7 Å². The van der Waals surface area contributed by atoms with E-state index >= 15 is 0 Å². The summed E-state index contributed by atoms with van der Waals surface area (Å²) < 4.78 is 0. The van der Waals surface area contributed by atoms with Gasteiger partial charge in [-0.3, -0.25) is 9.59 Å². The van der Waals surface area contributed by atoms with Crippen molar-refractivity contribution in [3.63, 3.8) is 0 Å². The van der Waals surface area contributed by atoms with Crippen LogP contribution in [0.15, 0.2) is 60.7 Å². The van der Waals surface area contributed by atoms with Gasteiger partial charge in [0, 0.05) is 21.1 Å². The molecule has 0 aliphatic heterocycles. The zero-order chi connectivity index (χ0) is 16.8. The fraction of sp³-hybridized carbons (Fsp3) is 0.263. The van der Waals surface area contributed by atoms with Crippen molar-refractivity contribution in [2.24, 2.45) is 0 Å². The van der Waals surface area contributed by atoms with Crippen molar-refractivity contribution >= 4 is 12.3 Å². The third-order valence-electron chi connectivity index (χ3n) is 3.93. The normalized spacial score (nSPS) is 13.0. The predicted molar refractivity (Wildman–Crippen MR) is 90.9 cm³/mol. The van der Waals surface area contributed by atoms with Crippen molar-refractivity contribution in [1.29, 1.82) is 0 Å². The molecule has 2 aromatic carbocycles. The van der Waals surface area contributed by atoms with Crippen molar-refractivity contribution in [2.45, 2.75) is 12.0 Å². The van der Waals surface area contributed by atoms with E-state index in [1.54, 1.807) is 30.9 Å². The molecule has 0 heterocycles. The summed E-state index contributed by atoms with van der Waals surface area (Å²) in [4.78, 5) is 27.5. The number of carbonyl (C=O) groups excluding carboxylic acids is 2. The van der Waals surface area contributed by atoms with E-state index < -0.39 is 5.92 Å². The maximum atomic E-state index is 12.9. The molecular weight excluding hydrogens is 288 g/mol. The molecule has 0 aromatic heterocycles. The van der Waals surface area contributed by atoms with Gasteiger partial charge < -0.3 is 9.80 Å². The summed E-state index contributed by atoms with van der Waals surface area (Å²) in [7, 11) is 5.19. The molecule has 0 bridgehead atoms. The van der Waals surface area contributed by atoms with Gasteiger partial charge in [0.25, 0.3) is 0 Å². The van der Waals surface area contributed by atoms with Gasteiger partial charge >= 0.3 is 0 Å². The molecule has 0 N–H and O–H groups in total. The zero-order valence-corrected chi connectivity index (χ0v) is 13.7. The molecule has 2 amide bonds. The molecule has 0 fully saturated rings. The minimum absolute atomic E-state index is 0.0289. The Kier molecular flexibility index (Phi) is 5.52. The molecule has 0 unspecified atom stereocenters. The van der Waals surface area contributed by atoms with Crippen LogP contribution in [0.3, 0.4) is 0 Å². The SMILES string of the molecule is CN(C)C(=O)[C@H](c1ccccc1)[C@H](c1ccccc1)N(C)C=O. The fourth-order valence-electron chi connectivity index (χ4n) is 2.78. The summed E-state index contributed by atoms with van der Waals surface area (Å²) in [6, 6.07) is 18.9. The van der Waals surface area contributed by atoms with Crippen LogP contribution in [-0.4, -0.2) is 43.3 Å². The maximum absolute atomic E-state index is 12.9. The van der Waals surface area contributed by atoms with Crippen LogP contribution in [0.2, 0.25) is 0 Å². The predicted octanol–water partition coefficient (Wildman–Crippen LogP) is 2.69. The summed E-state index contributed by atoms with van der Waals surface area (Å²) in [6.07, 6.45) is 0.774. The van der Waals surface area contributed by atoms with Gasteiger partial charge in [-0.2, -0.15) is 0 Å². The van der Waals surface area contributed by atoms with Gasteiger partial charge in [0.2, 0.25) is 12.3 Å². The fourth-order valence-corrected chi connectivity index (χ4v) is 2.78. The number of hydrogen-bond acceptors (Lipinski definition) is 2. The van der Waals surface area contributed by atoms with Crippen LogP contribution in [-0.2, 0) is 9.59 Å². The van der Waals surface area contributed by atoms with Gasteiger partial charge in [-0.05, 0) is 11.1 Å². The quantitative estimate of drug-likeness (QED) is 0.770. The number of likely N-dealkylation sites (N-methyl/N-ethyl adjacent to an activating group) is 2.